The fourth-order valence-electron chi connectivity index (χ4n) is 1.59. The Labute approximate surface area is 82.2 Å². The molecule has 0 saturated carbocycles. The topological polar surface area (TPSA) is 52.6 Å². The number of nitrogens with zero attached hydrogens (tertiary/aromatic N) is 1. The first-order valence-corrected chi connectivity index (χ1v) is 4.55. The monoisotopic (exact) mass is 192 g/mol. The van der Waals surface area contributed by atoms with Crippen molar-refractivity contribution in [3.8, 4) is 0 Å². The second-order valence-corrected chi connectivity index (χ2v) is 3.39. The Hall–Kier alpha value is -1.71. The minimum absolute atomic E-state index is 0.0766. The number of hydrogen-bond acceptors (Lipinski definition) is 2. The van der Waals surface area contributed by atoms with Crippen LogP contribution in [-0.2, 0) is 0 Å². The van der Waals surface area contributed by atoms with Gasteiger partial charge in [0.2, 0.25) is 0 Å². The molecular weight excluding hydrogens is 180 g/mol. The van der Waals surface area contributed by atoms with Gasteiger partial charge in [0.15, 0.2) is 0 Å². The molecule has 2 N–H and O–H groups in total. The molecule has 1 aromatic carbocycles. The molecule has 1 aliphatic heterocycles. The van der Waals surface area contributed by atoms with E-state index in [1.165, 1.54) is 0 Å². The molecule has 0 spiro atoms. The molecule has 4 nitrogen and oxygen atoms in total. The third-order valence-corrected chi connectivity index (χ3v) is 2.33. The van der Waals surface area contributed by atoms with Crippen LogP contribution in [0.4, 0.5) is 10.5 Å². The van der Waals surface area contributed by atoms with Crippen LogP contribution >= 0.6 is 0 Å². The summed E-state index contributed by atoms with van der Waals surface area (Å²) in [6, 6.07) is 10.1. The Morgan fingerprint density at radius 1 is 1.36 bits per heavy atom. The van der Waals surface area contributed by atoms with E-state index in [0.717, 1.165) is 18.8 Å². The van der Waals surface area contributed by atoms with E-state index < -0.39 is 6.09 Å². The van der Waals surface area contributed by atoms with Crippen molar-refractivity contribution in [3.63, 3.8) is 0 Å². The summed E-state index contributed by atoms with van der Waals surface area (Å²) < 4.78 is 0. The highest BCUT2D eigenvalue weighted by atomic mass is 16.4. The smallest absolute Gasteiger partial charge is 0.405 e. The molecule has 1 aliphatic rings. The summed E-state index contributed by atoms with van der Waals surface area (Å²) >= 11 is 0. The van der Waals surface area contributed by atoms with Crippen LogP contribution in [0.15, 0.2) is 30.3 Å². The number of benzene rings is 1. The van der Waals surface area contributed by atoms with E-state index in [2.05, 4.69) is 10.2 Å². The van der Waals surface area contributed by atoms with E-state index in [4.69, 9.17) is 5.11 Å². The minimum Gasteiger partial charge on any atom is -0.465 e. The van der Waals surface area contributed by atoms with Gasteiger partial charge in [-0.25, -0.2) is 4.79 Å². The SMILES string of the molecule is O=C(O)NC1CN(c2ccccc2)C1. The lowest BCUT2D eigenvalue weighted by molar-refractivity contribution is 0.187. The number of amides is 1. The third-order valence-electron chi connectivity index (χ3n) is 2.33. The van der Waals surface area contributed by atoms with Gasteiger partial charge < -0.3 is 15.3 Å². The summed E-state index contributed by atoms with van der Waals surface area (Å²) in [5.41, 5.74) is 1.15. The molecule has 0 atom stereocenters. The largest absolute Gasteiger partial charge is 0.465 e. The van der Waals surface area contributed by atoms with Crippen molar-refractivity contribution in [1.29, 1.82) is 0 Å². The number of carboxylic acid groups (broad SMARTS) is 1. The van der Waals surface area contributed by atoms with E-state index in [0.29, 0.717) is 0 Å². The Kier molecular flexibility index (Phi) is 2.26. The van der Waals surface area contributed by atoms with Crippen molar-refractivity contribution in [2.24, 2.45) is 0 Å². The number of anilines is 1. The molecule has 1 heterocycles. The van der Waals surface area contributed by atoms with E-state index >= 15 is 0 Å². The predicted octanol–water partition coefficient (Wildman–Crippen LogP) is 1.14. The quantitative estimate of drug-likeness (QED) is 0.738. The Balaban J connectivity index is 1.86. The van der Waals surface area contributed by atoms with Crippen LogP contribution in [0.5, 0.6) is 0 Å². The molecule has 0 aromatic heterocycles. The first-order chi connectivity index (χ1) is 6.75. The van der Waals surface area contributed by atoms with E-state index in [1.54, 1.807) is 0 Å². The van der Waals surface area contributed by atoms with Gasteiger partial charge in [0, 0.05) is 18.8 Å². The summed E-state index contributed by atoms with van der Waals surface area (Å²) in [7, 11) is 0. The zero-order chi connectivity index (χ0) is 9.97. The maximum Gasteiger partial charge on any atom is 0.405 e. The van der Waals surface area contributed by atoms with Crippen LogP contribution in [0.3, 0.4) is 0 Å². The maximum absolute atomic E-state index is 10.3. The summed E-state index contributed by atoms with van der Waals surface area (Å²) in [6.45, 7) is 1.52. The zero-order valence-corrected chi connectivity index (χ0v) is 7.68. The van der Waals surface area contributed by atoms with Gasteiger partial charge in [-0.15, -0.1) is 0 Å². The minimum atomic E-state index is -0.942. The average Bonchev–Trinajstić information content (AvgIpc) is 2.12. The maximum atomic E-state index is 10.3. The number of rotatable bonds is 2. The second kappa shape index (κ2) is 3.57. The average molecular weight is 192 g/mol. The van der Waals surface area contributed by atoms with Crippen LogP contribution in [-0.4, -0.2) is 30.3 Å². The molecule has 14 heavy (non-hydrogen) atoms. The van der Waals surface area contributed by atoms with Crippen LogP contribution in [0.1, 0.15) is 0 Å². The molecule has 1 aromatic rings. The van der Waals surface area contributed by atoms with Gasteiger partial charge in [-0.1, -0.05) is 18.2 Å². The van der Waals surface area contributed by atoms with E-state index in [9.17, 15) is 4.79 Å². The normalized spacial score (nSPS) is 16.1. The van der Waals surface area contributed by atoms with Crippen LogP contribution in [0.2, 0.25) is 0 Å². The molecule has 2 rings (SSSR count). The molecule has 4 heteroatoms. The van der Waals surface area contributed by atoms with E-state index in [1.807, 2.05) is 30.3 Å². The molecule has 1 amide bonds. The molecular formula is C10H12N2O2. The molecule has 74 valence electrons. The van der Waals surface area contributed by atoms with Crippen molar-refractivity contribution in [2.75, 3.05) is 18.0 Å². The number of hydrogen-bond donors (Lipinski definition) is 2. The molecule has 1 saturated heterocycles. The number of carbonyl (C=O) groups is 1. The van der Waals surface area contributed by atoms with Crippen LogP contribution in [0.25, 0.3) is 0 Å². The van der Waals surface area contributed by atoms with Gasteiger partial charge in [0.1, 0.15) is 0 Å². The first-order valence-electron chi connectivity index (χ1n) is 4.55. The van der Waals surface area contributed by atoms with Gasteiger partial charge in [-0.05, 0) is 12.1 Å². The highest BCUT2D eigenvalue weighted by Gasteiger charge is 2.27. The summed E-state index contributed by atoms with van der Waals surface area (Å²) in [4.78, 5) is 12.5. The van der Waals surface area contributed by atoms with Crippen molar-refractivity contribution in [2.45, 2.75) is 6.04 Å². The summed E-state index contributed by atoms with van der Waals surface area (Å²) in [6.07, 6.45) is -0.942. The van der Waals surface area contributed by atoms with Crippen molar-refractivity contribution in [3.05, 3.63) is 30.3 Å². The molecule has 0 radical (unpaired) electrons. The predicted molar refractivity (Wildman–Crippen MR) is 53.6 cm³/mol. The molecule has 0 unspecified atom stereocenters. The fourth-order valence-corrected chi connectivity index (χ4v) is 1.59. The van der Waals surface area contributed by atoms with Gasteiger partial charge in [0.25, 0.3) is 0 Å². The van der Waals surface area contributed by atoms with Gasteiger partial charge in [0.05, 0.1) is 6.04 Å². The standard InChI is InChI=1S/C10H12N2O2/c13-10(14)11-8-6-12(7-8)9-4-2-1-3-5-9/h1-5,8,11H,6-7H2,(H,13,14). The Morgan fingerprint density at radius 3 is 2.57 bits per heavy atom. The van der Waals surface area contributed by atoms with Gasteiger partial charge >= 0.3 is 6.09 Å². The lowest BCUT2D eigenvalue weighted by Crippen LogP contribution is -2.59. The Morgan fingerprint density at radius 2 is 2.00 bits per heavy atom. The molecule has 0 bridgehead atoms. The van der Waals surface area contributed by atoms with Crippen molar-refractivity contribution in [1.82, 2.24) is 5.32 Å². The highest BCUT2D eigenvalue weighted by Crippen LogP contribution is 2.19. The summed E-state index contributed by atoms with van der Waals surface area (Å²) in [5, 5.41) is 10.9. The van der Waals surface area contributed by atoms with Crippen molar-refractivity contribution < 1.29 is 9.90 Å². The fraction of sp³-hybridized carbons (Fsp3) is 0.300. The lowest BCUT2D eigenvalue weighted by atomic mass is 10.1. The Bertz CT molecular complexity index is 320. The lowest BCUT2D eigenvalue weighted by Gasteiger charge is -2.40. The van der Waals surface area contributed by atoms with Gasteiger partial charge in [-0.3, -0.25) is 0 Å². The number of para-hydroxylation sites is 1. The second-order valence-electron chi connectivity index (χ2n) is 3.39. The highest BCUT2D eigenvalue weighted by molar-refractivity contribution is 5.66. The van der Waals surface area contributed by atoms with E-state index in [-0.39, 0.29) is 6.04 Å². The number of nitrogens with one attached hydrogen (secondary N) is 1. The first kappa shape index (κ1) is 8.87. The van der Waals surface area contributed by atoms with Gasteiger partial charge in [-0.2, -0.15) is 0 Å². The third kappa shape index (κ3) is 1.79. The van der Waals surface area contributed by atoms with Crippen LogP contribution < -0.4 is 10.2 Å². The molecule has 0 aliphatic carbocycles. The zero-order valence-electron chi connectivity index (χ0n) is 7.68. The van der Waals surface area contributed by atoms with Crippen molar-refractivity contribution >= 4 is 11.8 Å². The van der Waals surface area contributed by atoms with Crippen LogP contribution in [0, 0.1) is 0 Å². The molecule has 1 fully saturated rings. The summed E-state index contributed by atoms with van der Waals surface area (Å²) in [5.74, 6) is 0.